The molecule has 1 aromatic rings. The minimum absolute atomic E-state index is 0.168. The first-order valence-electron chi connectivity index (χ1n) is 8.46. The minimum atomic E-state index is -0.842. The number of carboxylic acids is 1. The first-order valence-corrected chi connectivity index (χ1v) is 8.84. The Morgan fingerprint density at radius 1 is 1.29 bits per heavy atom. The number of likely N-dealkylation sites (tertiary alicyclic amines) is 1. The van der Waals surface area contributed by atoms with E-state index in [0.717, 1.165) is 29.7 Å². The van der Waals surface area contributed by atoms with E-state index in [2.05, 4.69) is 5.32 Å². The topological polar surface area (TPSA) is 69.6 Å². The number of benzene rings is 1. The number of halogens is 1. The van der Waals surface area contributed by atoms with Crippen LogP contribution >= 0.6 is 11.6 Å². The number of hydrogen-bond donors (Lipinski definition) is 2. The van der Waals surface area contributed by atoms with Gasteiger partial charge in [-0.05, 0) is 42.4 Å². The van der Waals surface area contributed by atoms with Crippen LogP contribution in [0.4, 0.5) is 10.5 Å². The predicted octanol–water partition coefficient (Wildman–Crippen LogP) is 4.04. The normalized spacial score (nSPS) is 20.8. The maximum Gasteiger partial charge on any atom is 0.321 e. The number of rotatable bonds is 4. The van der Waals surface area contributed by atoms with Gasteiger partial charge >= 0.3 is 12.0 Å². The Balaban J connectivity index is 2.23. The van der Waals surface area contributed by atoms with Crippen molar-refractivity contribution in [2.45, 2.75) is 40.0 Å². The molecule has 1 aliphatic heterocycles. The number of anilines is 1. The predicted molar refractivity (Wildman–Crippen MR) is 95.7 cm³/mol. The van der Waals surface area contributed by atoms with Gasteiger partial charge in [0.15, 0.2) is 0 Å². The van der Waals surface area contributed by atoms with Gasteiger partial charge in [-0.1, -0.05) is 38.4 Å². The number of amides is 2. The smallest absolute Gasteiger partial charge is 0.321 e. The molecule has 0 aromatic heterocycles. The summed E-state index contributed by atoms with van der Waals surface area (Å²) in [5.74, 6) is -1.18. The maximum atomic E-state index is 12.7. The summed E-state index contributed by atoms with van der Waals surface area (Å²) in [5, 5.41) is 12.9. The molecular formula is C18H25ClN2O3. The third-order valence-electron chi connectivity index (χ3n) is 4.60. The lowest BCUT2D eigenvalue weighted by molar-refractivity contribution is -0.143. The monoisotopic (exact) mass is 352 g/mol. The Morgan fingerprint density at radius 2 is 2.00 bits per heavy atom. The van der Waals surface area contributed by atoms with Crippen molar-refractivity contribution in [2.75, 3.05) is 18.4 Å². The van der Waals surface area contributed by atoms with Crippen LogP contribution in [0.3, 0.4) is 0 Å². The summed E-state index contributed by atoms with van der Waals surface area (Å²) in [7, 11) is 0. The first kappa shape index (κ1) is 18.6. The Hall–Kier alpha value is -1.75. The number of piperidine rings is 1. The fourth-order valence-corrected chi connectivity index (χ4v) is 3.64. The molecule has 24 heavy (non-hydrogen) atoms. The SMILES string of the molecule is CCc1ccc(Cl)c(CC)c1NC(=O)N1CC(C)CC(C(=O)O)C1. The van der Waals surface area contributed by atoms with Crippen LogP contribution in [0.25, 0.3) is 0 Å². The summed E-state index contributed by atoms with van der Waals surface area (Å²) >= 11 is 6.27. The lowest BCUT2D eigenvalue weighted by atomic mass is 9.91. The van der Waals surface area contributed by atoms with E-state index in [4.69, 9.17) is 11.6 Å². The summed E-state index contributed by atoms with van der Waals surface area (Å²) < 4.78 is 0. The van der Waals surface area contributed by atoms with Gasteiger partial charge in [0.1, 0.15) is 0 Å². The molecule has 1 saturated heterocycles. The highest BCUT2D eigenvalue weighted by Crippen LogP contribution is 2.30. The van der Waals surface area contributed by atoms with Gasteiger partial charge in [-0.3, -0.25) is 4.79 Å². The second-order valence-corrected chi connectivity index (χ2v) is 6.89. The van der Waals surface area contributed by atoms with Gasteiger partial charge in [-0.2, -0.15) is 0 Å². The lowest BCUT2D eigenvalue weighted by Gasteiger charge is -2.35. The average Bonchev–Trinajstić information content (AvgIpc) is 2.54. The number of carboxylic acid groups (broad SMARTS) is 1. The standard InChI is InChI=1S/C18H25ClN2O3/c1-4-12-6-7-15(19)14(5-2)16(12)20-18(24)21-9-11(3)8-13(10-21)17(22)23/h6-7,11,13H,4-5,8-10H2,1-3H3,(H,20,24)(H,22,23). The van der Waals surface area contributed by atoms with Gasteiger partial charge in [0.2, 0.25) is 0 Å². The molecule has 1 aliphatic rings. The summed E-state index contributed by atoms with van der Waals surface area (Å²) in [5.41, 5.74) is 2.72. The first-order chi connectivity index (χ1) is 11.4. The Morgan fingerprint density at radius 3 is 2.58 bits per heavy atom. The van der Waals surface area contributed by atoms with Crippen molar-refractivity contribution in [3.05, 3.63) is 28.3 Å². The van der Waals surface area contributed by atoms with Gasteiger partial charge in [0.05, 0.1) is 11.6 Å². The summed E-state index contributed by atoms with van der Waals surface area (Å²) in [4.78, 5) is 25.6. The largest absolute Gasteiger partial charge is 0.481 e. The third kappa shape index (κ3) is 4.01. The van der Waals surface area contributed by atoms with Gasteiger partial charge in [0, 0.05) is 18.1 Å². The fraction of sp³-hybridized carbons (Fsp3) is 0.556. The number of aryl methyl sites for hydroxylation is 1. The van der Waals surface area contributed by atoms with Crippen molar-refractivity contribution in [2.24, 2.45) is 11.8 Å². The van der Waals surface area contributed by atoms with Crippen LogP contribution in [0, 0.1) is 11.8 Å². The third-order valence-corrected chi connectivity index (χ3v) is 4.96. The van der Waals surface area contributed by atoms with Crippen LogP contribution in [0.2, 0.25) is 5.02 Å². The molecule has 0 spiro atoms. The molecule has 2 N–H and O–H groups in total. The molecule has 5 nitrogen and oxygen atoms in total. The molecule has 0 radical (unpaired) electrons. The second kappa shape index (κ2) is 7.88. The van der Waals surface area contributed by atoms with Gasteiger partial charge in [-0.15, -0.1) is 0 Å². The molecule has 0 aliphatic carbocycles. The van der Waals surface area contributed by atoms with E-state index in [-0.39, 0.29) is 18.5 Å². The number of aliphatic carboxylic acids is 1. The van der Waals surface area contributed by atoms with E-state index in [0.29, 0.717) is 18.0 Å². The quantitative estimate of drug-likeness (QED) is 0.859. The van der Waals surface area contributed by atoms with Crippen LogP contribution < -0.4 is 5.32 Å². The number of carbonyl (C=O) groups is 2. The number of carbonyl (C=O) groups excluding carboxylic acids is 1. The highest BCUT2D eigenvalue weighted by atomic mass is 35.5. The molecule has 1 heterocycles. The molecular weight excluding hydrogens is 328 g/mol. The maximum absolute atomic E-state index is 12.7. The zero-order chi connectivity index (χ0) is 17.9. The number of nitrogens with zero attached hydrogens (tertiary/aromatic N) is 1. The van der Waals surface area contributed by atoms with Crippen molar-refractivity contribution in [3.8, 4) is 0 Å². The Bertz CT molecular complexity index is 633. The van der Waals surface area contributed by atoms with Crippen LogP contribution in [0.5, 0.6) is 0 Å². The molecule has 0 bridgehead atoms. The van der Waals surface area contributed by atoms with Crippen molar-refractivity contribution in [1.82, 2.24) is 4.90 Å². The van der Waals surface area contributed by atoms with E-state index < -0.39 is 11.9 Å². The number of hydrogen-bond acceptors (Lipinski definition) is 2. The number of nitrogens with one attached hydrogen (secondary N) is 1. The van der Waals surface area contributed by atoms with Gasteiger partial charge < -0.3 is 15.3 Å². The molecule has 0 saturated carbocycles. The fourth-order valence-electron chi connectivity index (χ4n) is 3.35. The highest BCUT2D eigenvalue weighted by Gasteiger charge is 2.32. The summed E-state index contributed by atoms with van der Waals surface area (Å²) in [6.45, 7) is 6.82. The zero-order valence-electron chi connectivity index (χ0n) is 14.4. The van der Waals surface area contributed by atoms with E-state index >= 15 is 0 Å². The van der Waals surface area contributed by atoms with Crippen molar-refractivity contribution in [1.29, 1.82) is 0 Å². The Labute approximate surface area is 148 Å². The molecule has 2 rings (SSSR count). The minimum Gasteiger partial charge on any atom is -0.481 e. The van der Waals surface area contributed by atoms with Crippen molar-refractivity contribution < 1.29 is 14.7 Å². The molecule has 1 aromatic carbocycles. The lowest BCUT2D eigenvalue weighted by Crippen LogP contribution is -2.47. The summed E-state index contributed by atoms with van der Waals surface area (Å²) in [6, 6.07) is 3.54. The van der Waals surface area contributed by atoms with Crippen LogP contribution in [-0.2, 0) is 17.6 Å². The second-order valence-electron chi connectivity index (χ2n) is 6.48. The summed E-state index contributed by atoms with van der Waals surface area (Å²) in [6.07, 6.45) is 2.11. The molecule has 132 valence electrons. The zero-order valence-corrected chi connectivity index (χ0v) is 15.2. The van der Waals surface area contributed by atoms with Crippen LogP contribution in [0.15, 0.2) is 12.1 Å². The molecule has 2 unspecified atom stereocenters. The molecule has 1 fully saturated rings. The van der Waals surface area contributed by atoms with E-state index in [1.807, 2.05) is 32.9 Å². The van der Waals surface area contributed by atoms with Crippen LogP contribution in [0.1, 0.15) is 38.3 Å². The molecule has 6 heteroatoms. The highest BCUT2D eigenvalue weighted by molar-refractivity contribution is 6.32. The van der Waals surface area contributed by atoms with Crippen molar-refractivity contribution >= 4 is 29.3 Å². The van der Waals surface area contributed by atoms with Gasteiger partial charge in [-0.25, -0.2) is 4.79 Å². The van der Waals surface area contributed by atoms with E-state index in [1.165, 1.54) is 0 Å². The average molecular weight is 353 g/mol. The van der Waals surface area contributed by atoms with Gasteiger partial charge in [0.25, 0.3) is 0 Å². The Kier molecular flexibility index (Phi) is 6.10. The number of urea groups is 1. The molecule has 2 atom stereocenters. The van der Waals surface area contributed by atoms with Crippen molar-refractivity contribution in [3.63, 3.8) is 0 Å². The van der Waals surface area contributed by atoms with E-state index in [9.17, 15) is 14.7 Å². The van der Waals surface area contributed by atoms with Crippen LogP contribution in [-0.4, -0.2) is 35.1 Å². The van der Waals surface area contributed by atoms with E-state index in [1.54, 1.807) is 4.90 Å². The molecule has 2 amide bonds.